The summed E-state index contributed by atoms with van der Waals surface area (Å²) in [7, 11) is 0. The zero-order valence-electron chi connectivity index (χ0n) is 19.5. The summed E-state index contributed by atoms with van der Waals surface area (Å²) in [5.41, 5.74) is 10.3. The van der Waals surface area contributed by atoms with Crippen LogP contribution in [-0.2, 0) is 0 Å². The van der Waals surface area contributed by atoms with Crippen LogP contribution in [0.15, 0.2) is 127 Å². The molecule has 0 amide bonds. The Kier molecular flexibility index (Phi) is 4.22. The van der Waals surface area contributed by atoms with E-state index in [-0.39, 0.29) is 6.71 Å². The number of thiophene rings is 1. The van der Waals surface area contributed by atoms with E-state index in [1.165, 1.54) is 59.9 Å². The van der Waals surface area contributed by atoms with E-state index in [1.807, 2.05) is 11.3 Å². The van der Waals surface area contributed by atoms with Crippen molar-refractivity contribution < 1.29 is 0 Å². The van der Waals surface area contributed by atoms with Crippen LogP contribution in [0.5, 0.6) is 0 Å². The largest absolute Gasteiger partial charge is 0.311 e. The average Bonchev–Trinajstić information content (AvgIpc) is 3.33. The Morgan fingerprint density at radius 3 is 1.83 bits per heavy atom. The zero-order chi connectivity index (χ0) is 23.6. The van der Waals surface area contributed by atoms with E-state index in [0.29, 0.717) is 0 Å². The highest BCUT2D eigenvalue weighted by Gasteiger charge is 2.44. The van der Waals surface area contributed by atoms with Gasteiger partial charge in [-0.25, -0.2) is 0 Å². The predicted octanol–water partition coefficient (Wildman–Crippen LogP) is 6.98. The Hall–Kier alpha value is -4.28. The normalized spacial score (nSPS) is 13.4. The third-order valence-electron chi connectivity index (χ3n) is 7.45. The Morgan fingerprint density at radius 2 is 1.06 bits per heavy atom. The van der Waals surface area contributed by atoms with Crippen LogP contribution >= 0.6 is 11.3 Å². The monoisotopic (exact) mass is 476 g/mol. The molecule has 0 unspecified atom stereocenters. The van der Waals surface area contributed by atoms with Crippen molar-refractivity contribution in [1.29, 1.82) is 0 Å². The molecule has 1 aromatic heterocycles. The van der Waals surface area contributed by atoms with Crippen molar-refractivity contribution in [3.63, 3.8) is 0 Å². The van der Waals surface area contributed by atoms with Gasteiger partial charge in [-0.1, -0.05) is 78.9 Å². The molecule has 0 saturated heterocycles. The van der Waals surface area contributed by atoms with Gasteiger partial charge in [0.2, 0.25) is 0 Å². The van der Waals surface area contributed by atoms with Gasteiger partial charge in [0, 0.05) is 33.1 Å². The molecular formula is C32H21BN2S. The second kappa shape index (κ2) is 7.61. The first-order valence-electron chi connectivity index (χ1n) is 12.3. The number of hydrogen-bond acceptors (Lipinski definition) is 3. The van der Waals surface area contributed by atoms with Gasteiger partial charge in [-0.15, -0.1) is 11.3 Å². The number of para-hydroxylation sites is 3. The van der Waals surface area contributed by atoms with Crippen molar-refractivity contribution in [2.75, 3.05) is 9.80 Å². The predicted molar refractivity (Wildman–Crippen MR) is 156 cm³/mol. The molecule has 4 heteroatoms. The summed E-state index contributed by atoms with van der Waals surface area (Å²) in [6, 6.07) is 46.2. The third-order valence-corrected chi connectivity index (χ3v) is 8.63. The van der Waals surface area contributed by atoms with Gasteiger partial charge in [0.25, 0.3) is 6.71 Å². The lowest BCUT2D eigenvalue weighted by atomic mass is 9.33. The molecule has 2 aliphatic heterocycles. The molecule has 3 heterocycles. The molecule has 168 valence electrons. The van der Waals surface area contributed by atoms with Crippen LogP contribution < -0.4 is 26.2 Å². The fourth-order valence-electron chi connectivity index (χ4n) is 6.04. The molecule has 0 aliphatic carbocycles. The van der Waals surface area contributed by atoms with Crippen LogP contribution in [-0.4, -0.2) is 6.71 Å². The maximum Gasteiger partial charge on any atom is 0.254 e. The van der Waals surface area contributed by atoms with Crippen molar-refractivity contribution in [3.05, 3.63) is 127 Å². The summed E-state index contributed by atoms with van der Waals surface area (Å²) in [4.78, 5) is 4.92. The highest BCUT2D eigenvalue weighted by atomic mass is 32.1. The summed E-state index contributed by atoms with van der Waals surface area (Å²) < 4.78 is 1.33. The summed E-state index contributed by atoms with van der Waals surface area (Å²) in [5, 5.41) is 2.67. The first-order valence-corrected chi connectivity index (χ1v) is 13.2. The molecule has 0 atom stereocenters. The molecule has 0 radical (unpaired) electrons. The van der Waals surface area contributed by atoms with Crippen molar-refractivity contribution in [3.8, 4) is 0 Å². The van der Waals surface area contributed by atoms with Crippen LogP contribution in [0.1, 0.15) is 0 Å². The number of hydrogen-bond donors (Lipinski definition) is 0. The van der Waals surface area contributed by atoms with E-state index in [0.717, 1.165) is 0 Å². The van der Waals surface area contributed by atoms with Gasteiger partial charge >= 0.3 is 0 Å². The third kappa shape index (κ3) is 2.68. The Labute approximate surface area is 214 Å². The van der Waals surface area contributed by atoms with Gasteiger partial charge in [-0.3, -0.25) is 0 Å². The van der Waals surface area contributed by atoms with Gasteiger partial charge < -0.3 is 9.80 Å². The second-order valence-corrected chi connectivity index (χ2v) is 10.4. The topological polar surface area (TPSA) is 6.48 Å². The zero-order valence-corrected chi connectivity index (χ0v) is 20.3. The highest BCUT2D eigenvalue weighted by Crippen LogP contribution is 2.47. The molecule has 6 aromatic rings. The Balaban J connectivity index is 1.52. The lowest BCUT2D eigenvalue weighted by Gasteiger charge is -2.43. The van der Waals surface area contributed by atoms with Crippen molar-refractivity contribution in [2.45, 2.75) is 0 Å². The standard InChI is InChI=1S/C32H21BN2S/c1-3-12-22(13-4-1)34-26-18-9-8-17-25(26)33-30-24-16-7-10-21-29(24)36-32(30)35(23-14-5-2-6-15-23)28-20-11-19-27(34)31(28)33/h1-21H. The molecular weight excluding hydrogens is 455 g/mol. The molecule has 0 fully saturated rings. The minimum absolute atomic E-state index is 0.179. The maximum absolute atomic E-state index is 2.48. The van der Waals surface area contributed by atoms with Crippen molar-refractivity contribution in [2.24, 2.45) is 0 Å². The Bertz CT molecular complexity index is 1760. The lowest BCUT2D eigenvalue weighted by molar-refractivity contribution is 1.27. The first-order chi connectivity index (χ1) is 17.9. The molecule has 2 aliphatic rings. The van der Waals surface area contributed by atoms with Gasteiger partial charge in [0.05, 0.1) is 5.00 Å². The number of fused-ring (bicyclic) bond motifs is 6. The summed E-state index contributed by atoms with van der Waals surface area (Å²) >= 11 is 1.90. The molecule has 2 nitrogen and oxygen atoms in total. The van der Waals surface area contributed by atoms with Gasteiger partial charge in [-0.2, -0.15) is 0 Å². The quantitative estimate of drug-likeness (QED) is 0.248. The van der Waals surface area contributed by atoms with Crippen LogP contribution in [0.2, 0.25) is 0 Å². The first kappa shape index (κ1) is 20.0. The second-order valence-electron chi connectivity index (χ2n) is 9.36. The van der Waals surface area contributed by atoms with Gasteiger partial charge in [-0.05, 0) is 70.3 Å². The van der Waals surface area contributed by atoms with Crippen molar-refractivity contribution >= 4 is 78.0 Å². The van der Waals surface area contributed by atoms with Gasteiger partial charge in [0.15, 0.2) is 0 Å². The fraction of sp³-hybridized carbons (Fsp3) is 0. The van der Waals surface area contributed by atoms with E-state index in [4.69, 9.17) is 0 Å². The minimum atomic E-state index is 0.179. The van der Waals surface area contributed by atoms with Crippen molar-refractivity contribution in [1.82, 2.24) is 0 Å². The van der Waals surface area contributed by atoms with Crippen LogP contribution in [0.25, 0.3) is 10.1 Å². The van der Waals surface area contributed by atoms with E-state index in [2.05, 4.69) is 137 Å². The molecule has 0 bridgehead atoms. The van der Waals surface area contributed by atoms with Gasteiger partial charge in [0.1, 0.15) is 0 Å². The highest BCUT2D eigenvalue weighted by molar-refractivity contribution is 7.26. The molecule has 5 aromatic carbocycles. The van der Waals surface area contributed by atoms with Crippen LogP contribution in [0.3, 0.4) is 0 Å². The number of anilines is 6. The smallest absolute Gasteiger partial charge is 0.254 e. The number of rotatable bonds is 2. The Morgan fingerprint density at radius 1 is 0.472 bits per heavy atom. The molecule has 0 N–H and O–H groups in total. The van der Waals surface area contributed by atoms with Crippen LogP contribution in [0.4, 0.5) is 33.4 Å². The van der Waals surface area contributed by atoms with Crippen LogP contribution in [0, 0.1) is 0 Å². The summed E-state index contributed by atoms with van der Waals surface area (Å²) in [5.74, 6) is 0. The maximum atomic E-state index is 2.48. The molecule has 36 heavy (non-hydrogen) atoms. The van der Waals surface area contributed by atoms with E-state index in [9.17, 15) is 0 Å². The molecule has 0 spiro atoms. The van der Waals surface area contributed by atoms with E-state index < -0.39 is 0 Å². The van der Waals surface area contributed by atoms with E-state index in [1.54, 1.807) is 0 Å². The minimum Gasteiger partial charge on any atom is -0.311 e. The number of nitrogens with zero attached hydrogens (tertiary/aromatic N) is 2. The fourth-order valence-corrected chi connectivity index (χ4v) is 7.32. The summed E-state index contributed by atoms with van der Waals surface area (Å²) in [6.45, 7) is 0.179. The average molecular weight is 476 g/mol. The summed E-state index contributed by atoms with van der Waals surface area (Å²) in [6.07, 6.45) is 0. The number of benzene rings is 5. The van der Waals surface area contributed by atoms with E-state index >= 15 is 0 Å². The molecule has 0 saturated carbocycles. The lowest BCUT2D eigenvalue weighted by Crippen LogP contribution is -2.61. The SMILES string of the molecule is c1ccc(N2c3ccccc3B3c4c2cccc4N(c2ccccc2)c2sc4ccccc4c23)cc1. The molecule has 8 rings (SSSR count).